The number of anilines is 2. The lowest BCUT2D eigenvalue weighted by atomic mass is 10.2. The maximum absolute atomic E-state index is 11.7. The van der Waals surface area contributed by atoms with E-state index in [1.54, 1.807) is 13.2 Å². The van der Waals surface area contributed by atoms with Crippen molar-refractivity contribution in [3.05, 3.63) is 60.0 Å². The maximum atomic E-state index is 11.7. The fourth-order valence-electron chi connectivity index (χ4n) is 2.26. The number of benzene rings is 1. The summed E-state index contributed by atoms with van der Waals surface area (Å²) in [4.78, 5) is 16.0. The van der Waals surface area contributed by atoms with Crippen LogP contribution in [0.15, 0.2) is 48.8 Å². The Morgan fingerprint density at radius 2 is 1.90 bits per heavy atom. The average molecular weight is 280 g/mol. The van der Waals surface area contributed by atoms with E-state index in [1.807, 2.05) is 53.9 Å². The van der Waals surface area contributed by atoms with E-state index in [2.05, 4.69) is 15.6 Å². The molecule has 3 rings (SSSR count). The van der Waals surface area contributed by atoms with Crippen molar-refractivity contribution in [2.75, 3.05) is 12.4 Å². The molecule has 3 aromatic rings. The number of para-hydroxylation sites is 1. The monoisotopic (exact) mass is 280 g/mol. The summed E-state index contributed by atoms with van der Waals surface area (Å²) in [5.74, 6) is -0.185. The number of carbonyl (C=O) groups is 1. The van der Waals surface area contributed by atoms with Crippen molar-refractivity contribution >= 4 is 22.9 Å². The fourth-order valence-corrected chi connectivity index (χ4v) is 2.26. The maximum Gasteiger partial charge on any atom is 0.271 e. The van der Waals surface area contributed by atoms with Crippen LogP contribution in [0.4, 0.5) is 11.4 Å². The van der Waals surface area contributed by atoms with Crippen molar-refractivity contribution in [1.29, 1.82) is 0 Å². The molecule has 0 aliphatic heterocycles. The number of imidazole rings is 1. The van der Waals surface area contributed by atoms with Gasteiger partial charge in [0.1, 0.15) is 11.3 Å². The summed E-state index contributed by atoms with van der Waals surface area (Å²) in [7, 11) is 1.60. The number of aryl methyl sites for hydroxylation is 1. The molecule has 2 heterocycles. The van der Waals surface area contributed by atoms with Crippen LogP contribution in [0, 0.1) is 6.92 Å². The van der Waals surface area contributed by atoms with Crippen LogP contribution in [-0.4, -0.2) is 22.3 Å². The lowest BCUT2D eigenvalue weighted by Crippen LogP contribution is -2.17. The first-order valence-electron chi connectivity index (χ1n) is 6.71. The van der Waals surface area contributed by atoms with E-state index in [-0.39, 0.29) is 5.91 Å². The van der Waals surface area contributed by atoms with Gasteiger partial charge in [0.15, 0.2) is 0 Å². The molecule has 0 atom stereocenters. The van der Waals surface area contributed by atoms with Gasteiger partial charge in [0.25, 0.3) is 5.91 Å². The van der Waals surface area contributed by atoms with Crippen molar-refractivity contribution < 1.29 is 4.79 Å². The SMILES string of the molecule is CNC(=O)c1cn2cc(Nc3ccccc3)cc(C)c2n1. The molecule has 2 N–H and O–H groups in total. The minimum Gasteiger partial charge on any atom is -0.354 e. The van der Waals surface area contributed by atoms with Gasteiger partial charge in [-0.2, -0.15) is 0 Å². The third kappa shape index (κ3) is 2.58. The van der Waals surface area contributed by atoms with Crippen LogP contribution in [0.5, 0.6) is 0 Å². The third-order valence-electron chi connectivity index (χ3n) is 3.26. The fraction of sp³-hybridized carbons (Fsp3) is 0.125. The van der Waals surface area contributed by atoms with Gasteiger partial charge in [-0.05, 0) is 30.7 Å². The molecular weight excluding hydrogens is 264 g/mol. The van der Waals surface area contributed by atoms with Crippen molar-refractivity contribution in [3.63, 3.8) is 0 Å². The Bertz CT molecular complexity index is 793. The second kappa shape index (κ2) is 5.28. The molecule has 21 heavy (non-hydrogen) atoms. The van der Waals surface area contributed by atoms with Gasteiger partial charge in [0.05, 0.1) is 5.69 Å². The first kappa shape index (κ1) is 13.2. The van der Waals surface area contributed by atoms with Gasteiger partial charge in [0, 0.05) is 25.1 Å². The van der Waals surface area contributed by atoms with Crippen LogP contribution >= 0.6 is 0 Å². The zero-order valence-electron chi connectivity index (χ0n) is 11.9. The highest BCUT2D eigenvalue weighted by Crippen LogP contribution is 2.20. The lowest BCUT2D eigenvalue weighted by Gasteiger charge is -2.08. The summed E-state index contributed by atoms with van der Waals surface area (Å²) in [5, 5.41) is 5.93. The molecule has 0 saturated heterocycles. The summed E-state index contributed by atoms with van der Waals surface area (Å²) in [6.45, 7) is 1.98. The summed E-state index contributed by atoms with van der Waals surface area (Å²) >= 11 is 0. The molecule has 5 nitrogen and oxygen atoms in total. The van der Waals surface area contributed by atoms with Crippen LogP contribution < -0.4 is 10.6 Å². The van der Waals surface area contributed by atoms with Gasteiger partial charge in [0.2, 0.25) is 0 Å². The number of rotatable bonds is 3. The molecule has 0 aliphatic carbocycles. The van der Waals surface area contributed by atoms with Crippen LogP contribution in [0.1, 0.15) is 16.1 Å². The number of pyridine rings is 1. The number of amides is 1. The largest absolute Gasteiger partial charge is 0.354 e. The van der Waals surface area contributed by atoms with Gasteiger partial charge < -0.3 is 15.0 Å². The molecule has 0 spiro atoms. The quantitative estimate of drug-likeness (QED) is 0.775. The number of nitrogens with one attached hydrogen (secondary N) is 2. The Balaban J connectivity index is 2.00. The first-order valence-corrected chi connectivity index (χ1v) is 6.71. The Hall–Kier alpha value is -2.82. The Morgan fingerprint density at radius 3 is 2.62 bits per heavy atom. The van der Waals surface area contributed by atoms with Crippen molar-refractivity contribution in [2.45, 2.75) is 6.92 Å². The normalized spacial score (nSPS) is 10.6. The summed E-state index contributed by atoms with van der Waals surface area (Å²) in [5.41, 5.74) is 4.17. The molecule has 0 unspecified atom stereocenters. The highest BCUT2D eigenvalue weighted by atomic mass is 16.1. The number of carbonyl (C=O) groups excluding carboxylic acids is 1. The van der Waals surface area contributed by atoms with Crippen LogP contribution in [0.3, 0.4) is 0 Å². The molecule has 106 valence electrons. The zero-order chi connectivity index (χ0) is 14.8. The predicted octanol–water partition coefficient (Wildman–Crippen LogP) is 2.75. The molecule has 2 aromatic heterocycles. The summed E-state index contributed by atoms with van der Waals surface area (Å²) < 4.78 is 1.87. The molecule has 0 bridgehead atoms. The van der Waals surface area contributed by atoms with Crippen LogP contribution in [-0.2, 0) is 0 Å². The number of aromatic nitrogens is 2. The summed E-state index contributed by atoms with van der Waals surface area (Å²) in [6, 6.07) is 12.0. The van der Waals surface area contributed by atoms with E-state index in [9.17, 15) is 4.79 Å². The Kier molecular flexibility index (Phi) is 3.31. The second-order valence-electron chi connectivity index (χ2n) is 4.84. The molecule has 5 heteroatoms. The first-order chi connectivity index (χ1) is 10.2. The van der Waals surface area contributed by atoms with E-state index >= 15 is 0 Å². The molecule has 1 amide bonds. The molecular formula is C16H16N4O. The molecule has 0 radical (unpaired) electrons. The van der Waals surface area contributed by atoms with E-state index in [1.165, 1.54) is 0 Å². The Labute approximate surface area is 122 Å². The molecule has 0 aliphatic rings. The number of nitrogens with zero attached hydrogens (tertiary/aromatic N) is 2. The lowest BCUT2D eigenvalue weighted by molar-refractivity contribution is 0.0959. The highest BCUT2D eigenvalue weighted by molar-refractivity contribution is 5.92. The number of fused-ring (bicyclic) bond motifs is 1. The standard InChI is InChI=1S/C16H16N4O/c1-11-8-13(18-12-6-4-3-5-7-12)9-20-10-14(16(21)17-2)19-15(11)20/h3-10,18H,1-2H3,(H,17,21). The summed E-state index contributed by atoms with van der Waals surface area (Å²) in [6.07, 6.45) is 3.66. The molecule has 1 aromatic carbocycles. The number of hydrogen-bond donors (Lipinski definition) is 2. The number of hydrogen-bond acceptors (Lipinski definition) is 3. The van der Waals surface area contributed by atoms with Crippen molar-refractivity contribution in [1.82, 2.24) is 14.7 Å². The second-order valence-corrected chi connectivity index (χ2v) is 4.84. The average Bonchev–Trinajstić information content (AvgIpc) is 2.92. The van der Waals surface area contributed by atoms with Gasteiger partial charge >= 0.3 is 0 Å². The van der Waals surface area contributed by atoms with Gasteiger partial charge in [-0.1, -0.05) is 18.2 Å². The third-order valence-corrected chi connectivity index (χ3v) is 3.26. The van der Waals surface area contributed by atoms with E-state index in [0.29, 0.717) is 5.69 Å². The van der Waals surface area contributed by atoms with Gasteiger partial charge in [-0.25, -0.2) is 4.98 Å². The predicted molar refractivity (Wildman–Crippen MR) is 83.0 cm³/mol. The van der Waals surface area contributed by atoms with Crippen molar-refractivity contribution in [3.8, 4) is 0 Å². The zero-order valence-corrected chi connectivity index (χ0v) is 11.9. The molecule has 0 saturated carbocycles. The topological polar surface area (TPSA) is 58.4 Å². The highest BCUT2D eigenvalue weighted by Gasteiger charge is 2.11. The van der Waals surface area contributed by atoms with Crippen LogP contribution in [0.2, 0.25) is 0 Å². The minimum absolute atomic E-state index is 0.185. The van der Waals surface area contributed by atoms with Gasteiger partial charge in [-0.3, -0.25) is 4.79 Å². The van der Waals surface area contributed by atoms with E-state index < -0.39 is 0 Å². The smallest absolute Gasteiger partial charge is 0.271 e. The van der Waals surface area contributed by atoms with E-state index in [0.717, 1.165) is 22.6 Å². The van der Waals surface area contributed by atoms with E-state index in [4.69, 9.17) is 0 Å². The van der Waals surface area contributed by atoms with Gasteiger partial charge in [-0.15, -0.1) is 0 Å². The molecule has 0 fully saturated rings. The minimum atomic E-state index is -0.185. The van der Waals surface area contributed by atoms with Crippen molar-refractivity contribution in [2.24, 2.45) is 0 Å². The Morgan fingerprint density at radius 1 is 1.14 bits per heavy atom. The van der Waals surface area contributed by atoms with Crippen LogP contribution in [0.25, 0.3) is 5.65 Å².